The zero-order chi connectivity index (χ0) is 19.4. The van der Waals surface area contributed by atoms with Crippen molar-refractivity contribution in [2.24, 2.45) is 5.73 Å². The standard InChI is InChI=1S/C19H24N6O2/c1-3-14-8-16(23-12-22-14)13-7-17(19(27)21-9-13)24(2)15-10-25(11-15)18(26)5-4-6-20/h4-5,7-9,12,15H,3,6,10-11,20H2,1-2H3,(H,21,27)/b5-4+. The summed E-state index contributed by atoms with van der Waals surface area (Å²) in [6.07, 6.45) is 7.14. The lowest BCUT2D eigenvalue weighted by atomic mass is 10.1. The molecule has 8 heteroatoms. The highest BCUT2D eigenvalue weighted by Crippen LogP contribution is 2.23. The summed E-state index contributed by atoms with van der Waals surface area (Å²) in [6.45, 7) is 3.52. The second kappa shape index (κ2) is 8.13. The van der Waals surface area contributed by atoms with E-state index in [0.29, 0.717) is 25.3 Å². The Labute approximate surface area is 157 Å². The molecule has 0 aromatic carbocycles. The van der Waals surface area contributed by atoms with E-state index >= 15 is 0 Å². The fourth-order valence-electron chi connectivity index (χ4n) is 2.98. The number of aryl methyl sites for hydroxylation is 1. The Morgan fingerprint density at radius 3 is 2.89 bits per heavy atom. The van der Waals surface area contributed by atoms with Crippen LogP contribution in [0.3, 0.4) is 0 Å². The minimum atomic E-state index is -0.168. The molecular weight excluding hydrogens is 344 g/mol. The van der Waals surface area contributed by atoms with Gasteiger partial charge in [-0.2, -0.15) is 0 Å². The Morgan fingerprint density at radius 2 is 2.19 bits per heavy atom. The fraction of sp³-hybridized carbons (Fsp3) is 0.368. The second-order valence-electron chi connectivity index (χ2n) is 6.50. The molecule has 1 amide bonds. The van der Waals surface area contributed by atoms with Crippen LogP contribution in [-0.4, -0.2) is 58.5 Å². The van der Waals surface area contributed by atoms with Gasteiger partial charge in [-0.3, -0.25) is 9.59 Å². The van der Waals surface area contributed by atoms with Gasteiger partial charge in [0, 0.05) is 50.2 Å². The van der Waals surface area contributed by atoms with E-state index in [2.05, 4.69) is 15.0 Å². The molecule has 2 aromatic rings. The lowest BCUT2D eigenvalue weighted by Gasteiger charge is -2.44. The molecule has 0 bridgehead atoms. The van der Waals surface area contributed by atoms with Crippen LogP contribution in [0.25, 0.3) is 11.3 Å². The molecule has 0 saturated carbocycles. The van der Waals surface area contributed by atoms with Crippen molar-refractivity contribution < 1.29 is 4.79 Å². The predicted molar refractivity (Wildman–Crippen MR) is 104 cm³/mol. The molecule has 3 rings (SSSR count). The maximum Gasteiger partial charge on any atom is 0.271 e. The molecule has 0 unspecified atom stereocenters. The van der Waals surface area contributed by atoms with Crippen LogP contribution in [0.4, 0.5) is 5.69 Å². The van der Waals surface area contributed by atoms with Gasteiger partial charge in [0.05, 0.1) is 11.7 Å². The van der Waals surface area contributed by atoms with Gasteiger partial charge in [-0.15, -0.1) is 0 Å². The number of carbonyl (C=O) groups excluding carboxylic acids is 1. The van der Waals surface area contributed by atoms with Crippen LogP contribution in [0, 0.1) is 0 Å². The molecule has 8 nitrogen and oxygen atoms in total. The Bertz CT molecular complexity index is 901. The van der Waals surface area contributed by atoms with Crippen LogP contribution in [-0.2, 0) is 11.2 Å². The molecule has 1 fully saturated rings. The highest BCUT2D eigenvalue weighted by Gasteiger charge is 2.33. The first kappa shape index (κ1) is 18.8. The lowest BCUT2D eigenvalue weighted by molar-refractivity contribution is -0.130. The van der Waals surface area contributed by atoms with E-state index in [1.807, 2.05) is 31.0 Å². The number of nitrogens with zero attached hydrogens (tertiary/aromatic N) is 4. The minimum Gasteiger partial charge on any atom is -0.364 e. The number of H-pyrrole nitrogens is 1. The van der Waals surface area contributed by atoms with Crippen molar-refractivity contribution in [1.29, 1.82) is 0 Å². The van der Waals surface area contributed by atoms with Crippen molar-refractivity contribution in [1.82, 2.24) is 19.9 Å². The quantitative estimate of drug-likeness (QED) is 0.721. The summed E-state index contributed by atoms with van der Waals surface area (Å²) in [5, 5.41) is 0. The number of hydrogen-bond donors (Lipinski definition) is 2. The molecule has 0 atom stereocenters. The predicted octanol–water partition coefficient (Wildman–Crippen LogP) is 0.556. The highest BCUT2D eigenvalue weighted by molar-refractivity contribution is 5.88. The number of nitrogens with two attached hydrogens (primary N) is 1. The van der Waals surface area contributed by atoms with E-state index in [1.165, 1.54) is 12.4 Å². The third-order valence-electron chi connectivity index (χ3n) is 4.76. The molecule has 3 heterocycles. The van der Waals surface area contributed by atoms with Gasteiger partial charge in [-0.1, -0.05) is 13.0 Å². The topological polar surface area (TPSA) is 108 Å². The molecular formula is C19H24N6O2. The molecule has 1 saturated heterocycles. The first-order chi connectivity index (χ1) is 13.0. The molecule has 2 aromatic heterocycles. The van der Waals surface area contributed by atoms with Crippen LogP contribution in [0.5, 0.6) is 0 Å². The number of likely N-dealkylation sites (tertiary alicyclic amines) is 1. The van der Waals surface area contributed by atoms with E-state index in [9.17, 15) is 9.59 Å². The largest absolute Gasteiger partial charge is 0.364 e. The zero-order valence-corrected chi connectivity index (χ0v) is 15.6. The van der Waals surface area contributed by atoms with E-state index in [0.717, 1.165) is 23.4 Å². The molecule has 27 heavy (non-hydrogen) atoms. The van der Waals surface area contributed by atoms with Crippen molar-refractivity contribution in [3.8, 4) is 11.3 Å². The zero-order valence-electron chi connectivity index (χ0n) is 15.6. The van der Waals surface area contributed by atoms with Crippen LogP contribution >= 0.6 is 0 Å². The van der Waals surface area contributed by atoms with Crippen LogP contribution in [0.1, 0.15) is 12.6 Å². The molecule has 0 radical (unpaired) electrons. The van der Waals surface area contributed by atoms with Crippen LogP contribution < -0.4 is 16.2 Å². The summed E-state index contributed by atoms with van der Waals surface area (Å²) >= 11 is 0. The van der Waals surface area contributed by atoms with E-state index < -0.39 is 0 Å². The fourth-order valence-corrected chi connectivity index (χ4v) is 2.98. The third kappa shape index (κ3) is 4.06. The lowest BCUT2D eigenvalue weighted by Crippen LogP contribution is -2.60. The number of nitrogens with one attached hydrogen (secondary N) is 1. The van der Waals surface area contributed by atoms with Gasteiger partial charge < -0.3 is 20.5 Å². The Morgan fingerprint density at radius 1 is 1.41 bits per heavy atom. The van der Waals surface area contributed by atoms with Crippen molar-refractivity contribution in [3.63, 3.8) is 0 Å². The number of likely N-dealkylation sites (N-methyl/N-ethyl adjacent to an activating group) is 1. The van der Waals surface area contributed by atoms with E-state index in [4.69, 9.17) is 5.73 Å². The maximum atomic E-state index is 12.3. The van der Waals surface area contributed by atoms with Gasteiger partial charge in [-0.05, 0) is 18.6 Å². The summed E-state index contributed by atoms with van der Waals surface area (Å²) in [4.78, 5) is 39.2. The Balaban J connectivity index is 1.76. The normalized spacial score (nSPS) is 14.4. The summed E-state index contributed by atoms with van der Waals surface area (Å²) in [7, 11) is 1.87. The summed E-state index contributed by atoms with van der Waals surface area (Å²) < 4.78 is 0. The number of pyridine rings is 1. The number of hydrogen-bond acceptors (Lipinski definition) is 6. The number of aromatic nitrogens is 3. The summed E-state index contributed by atoms with van der Waals surface area (Å²) in [6, 6.07) is 3.85. The Hall–Kier alpha value is -3.00. The number of aromatic amines is 1. The van der Waals surface area contributed by atoms with Crippen molar-refractivity contribution in [2.45, 2.75) is 19.4 Å². The third-order valence-corrected chi connectivity index (χ3v) is 4.76. The smallest absolute Gasteiger partial charge is 0.271 e. The molecule has 0 spiro atoms. The van der Waals surface area contributed by atoms with Crippen molar-refractivity contribution >= 4 is 11.6 Å². The Kier molecular flexibility index (Phi) is 5.66. The van der Waals surface area contributed by atoms with Crippen LogP contribution in [0.2, 0.25) is 0 Å². The van der Waals surface area contributed by atoms with Gasteiger partial charge >= 0.3 is 0 Å². The molecule has 142 valence electrons. The monoisotopic (exact) mass is 368 g/mol. The van der Waals surface area contributed by atoms with Gasteiger partial charge in [0.15, 0.2) is 0 Å². The number of rotatable bonds is 6. The summed E-state index contributed by atoms with van der Waals surface area (Å²) in [5.41, 5.74) is 8.30. The first-order valence-corrected chi connectivity index (χ1v) is 8.95. The molecule has 1 aliphatic heterocycles. The van der Waals surface area contributed by atoms with E-state index in [1.54, 1.807) is 17.2 Å². The maximum absolute atomic E-state index is 12.3. The van der Waals surface area contributed by atoms with Crippen molar-refractivity contribution in [2.75, 3.05) is 31.6 Å². The van der Waals surface area contributed by atoms with Gasteiger partial charge in [0.1, 0.15) is 12.0 Å². The molecule has 0 aliphatic carbocycles. The van der Waals surface area contributed by atoms with Gasteiger partial charge in [0.2, 0.25) is 5.91 Å². The highest BCUT2D eigenvalue weighted by atomic mass is 16.2. The average molecular weight is 368 g/mol. The number of amides is 1. The minimum absolute atomic E-state index is 0.0548. The van der Waals surface area contributed by atoms with Gasteiger partial charge in [-0.25, -0.2) is 9.97 Å². The first-order valence-electron chi connectivity index (χ1n) is 8.95. The molecule has 1 aliphatic rings. The average Bonchev–Trinajstić information content (AvgIpc) is 2.65. The van der Waals surface area contributed by atoms with Crippen LogP contribution in [0.15, 0.2) is 41.6 Å². The van der Waals surface area contributed by atoms with Crippen molar-refractivity contribution in [3.05, 3.63) is 52.9 Å². The summed E-state index contributed by atoms with van der Waals surface area (Å²) in [5.74, 6) is -0.0548. The molecule has 3 N–H and O–H groups in total. The van der Waals surface area contributed by atoms with Gasteiger partial charge in [0.25, 0.3) is 5.56 Å². The van der Waals surface area contributed by atoms with E-state index in [-0.39, 0.29) is 17.5 Å². The SMILES string of the molecule is CCc1cc(-c2c[nH]c(=O)c(N(C)C3CN(C(=O)/C=C/CN)C3)c2)ncn1. The number of carbonyl (C=O) groups is 1. The second-order valence-corrected chi connectivity index (χ2v) is 6.50. The number of anilines is 1.